The van der Waals surface area contributed by atoms with E-state index in [1.54, 1.807) is 0 Å². The highest BCUT2D eigenvalue weighted by molar-refractivity contribution is 5.73. The molecule has 7 nitrogen and oxygen atoms in total. The molecule has 1 aromatic rings. The maximum atomic E-state index is 10.6. The molecule has 10 heteroatoms. The van der Waals surface area contributed by atoms with Gasteiger partial charge in [-0.25, -0.2) is 9.78 Å². The van der Waals surface area contributed by atoms with E-state index in [4.69, 9.17) is 19.4 Å². The normalized spacial score (nSPS) is 28.9. The lowest BCUT2D eigenvalue weighted by molar-refractivity contribution is -0.192. The van der Waals surface area contributed by atoms with Gasteiger partial charge in [0.1, 0.15) is 0 Å². The van der Waals surface area contributed by atoms with E-state index in [0.717, 1.165) is 38.7 Å². The zero-order chi connectivity index (χ0) is 20.9. The number of carboxylic acid groups (broad SMARTS) is 1. The number of aliphatic carboxylic acids is 1. The summed E-state index contributed by atoms with van der Waals surface area (Å²) in [5.41, 5.74) is 0.0817. The summed E-state index contributed by atoms with van der Waals surface area (Å²) in [5.74, 6) is -1.94. The smallest absolute Gasteiger partial charge is 0.475 e. The second-order valence-corrected chi connectivity index (χ2v) is 8.06. The zero-order valence-corrected chi connectivity index (χ0v) is 16.3. The molecule has 3 aliphatic heterocycles. The Morgan fingerprint density at radius 2 is 2.03 bits per heavy atom. The summed E-state index contributed by atoms with van der Waals surface area (Å²) in [5, 5.41) is 7.12. The van der Waals surface area contributed by atoms with E-state index in [0.29, 0.717) is 6.04 Å². The molecule has 0 radical (unpaired) electrons. The molecule has 0 amide bonds. The van der Waals surface area contributed by atoms with Crippen molar-refractivity contribution < 1.29 is 32.5 Å². The molecule has 2 unspecified atom stereocenters. The molecule has 1 spiro atoms. The van der Waals surface area contributed by atoms with Crippen molar-refractivity contribution in [2.45, 2.75) is 49.9 Å². The summed E-state index contributed by atoms with van der Waals surface area (Å²) in [6.07, 6.45) is 6.83. The Kier molecular flexibility index (Phi) is 7.18. The Balaban J connectivity index is 0.000000298. The summed E-state index contributed by atoms with van der Waals surface area (Å²) >= 11 is 0. The molecule has 3 aliphatic rings. The van der Waals surface area contributed by atoms with E-state index in [1.807, 2.05) is 12.5 Å². The van der Waals surface area contributed by atoms with E-state index in [2.05, 4.69) is 20.6 Å². The first-order valence-electron chi connectivity index (χ1n) is 9.99. The summed E-state index contributed by atoms with van der Waals surface area (Å²) in [4.78, 5) is 15.7. The highest BCUT2D eigenvalue weighted by Crippen LogP contribution is 2.39. The van der Waals surface area contributed by atoms with Gasteiger partial charge in [0, 0.05) is 45.1 Å². The molecule has 29 heavy (non-hydrogen) atoms. The molecule has 3 saturated heterocycles. The van der Waals surface area contributed by atoms with Crippen molar-refractivity contribution in [2.75, 3.05) is 39.5 Å². The average molecular weight is 419 g/mol. The third-order valence-electron chi connectivity index (χ3n) is 5.85. The lowest BCUT2D eigenvalue weighted by Crippen LogP contribution is -2.49. The van der Waals surface area contributed by atoms with Crippen molar-refractivity contribution in [2.24, 2.45) is 5.92 Å². The maximum Gasteiger partial charge on any atom is 0.490 e. The Morgan fingerprint density at radius 3 is 2.66 bits per heavy atom. The standard InChI is InChI=1S/C17H27N3O2.C2HF3O2/c1-4-17(10-16(12-22-17)20-7-5-18-14-20)13-19(6-1)11-15-2-8-21-9-3-15;3-2(4,5)1(6)7/h5,7,14-16H,1-4,6,8-13H2;(H,6,7). The minimum Gasteiger partial charge on any atom is -0.475 e. The molecule has 0 bridgehead atoms. The van der Waals surface area contributed by atoms with Crippen LogP contribution in [0.4, 0.5) is 13.2 Å². The number of aromatic nitrogens is 2. The number of nitrogens with zero attached hydrogens (tertiary/aromatic N) is 3. The van der Waals surface area contributed by atoms with Crippen molar-refractivity contribution >= 4 is 5.97 Å². The van der Waals surface area contributed by atoms with Gasteiger partial charge in [-0.1, -0.05) is 0 Å². The van der Waals surface area contributed by atoms with E-state index in [9.17, 15) is 13.2 Å². The molecular weight excluding hydrogens is 391 g/mol. The van der Waals surface area contributed by atoms with E-state index >= 15 is 0 Å². The lowest BCUT2D eigenvalue weighted by Gasteiger charge is -2.41. The van der Waals surface area contributed by atoms with E-state index in [1.165, 1.54) is 38.8 Å². The lowest BCUT2D eigenvalue weighted by atomic mass is 9.87. The van der Waals surface area contributed by atoms with Crippen LogP contribution in [0, 0.1) is 5.92 Å². The topological polar surface area (TPSA) is 76.8 Å². The van der Waals surface area contributed by atoms with E-state index < -0.39 is 12.1 Å². The fraction of sp³-hybridized carbons (Fsp3) is 0.789. The number of hydrogen-bond donors (Lipinski definition) is 1. The first kappa shape index (κ1) is 22.0. The molecule has 0 saturated carbocycles. The van der Waals surface area contributed by atoms with Crippen LogP contribution in [0.15, 0.2) is 18.7 Å². The van der Waals surface area contributed by atoms with Gasteiger partial charge >= 0.3 is 12.1 Å². The molecule has 0 aromatic carbocycles. The molecule has 1 N–H and O–H groups in total. The third-order valence-corrected chi connectivity index (χ3v) is 5.85. The second kappa shape index (κ2) is 9.44. The molecule has 4 rings (SSSR count). The Hall–Kier alpha value is -1.65. The monoisotopic (exact) mass is 419 g/mol. The predicted octanol–water partition coefficient (Wildman–Crippen LogP) is 2.74. The fourth-order valence-corrected chi connectivity index (χ4v) is 4.42. The number of imidazole rings is 1. The summed E-state index contributed by atoms with van der Waals surface area (Å²) < 4.78 is 45.8. The van der Waals surface area contributed by atoms with Crippen molar-refractivity contribution in [3.63, 3.8) is 0 Å². The molecular formula is C19H28F3N3O4. The van der Waals surface area contributed by atoms with Crippen LogP contribution in [0.5, 0.6) is 0 Å². The number of hydrogen-bond acceptors (Lipinski definition) is 5. The maximum absolute atomic E-state index is 10.6. The summed E-state index contributed by atoms with van der Waals surface area (Å²) in [7, 11) is 0. The molecule has 2 atom stereocenters. The van der Waals surface area contributed by atoms with Crippen LogP contribution in [0.25, 0.3) is 0 Å². The van der Waals surface area contributed by atoms with Gasteiger partial charge in [0.25, 0.3) is 0 Å². The molecule has 0 aliphatic carbocycles. The number of halogens is 3. The first-order chi connectivity index (χ1) is 13.8. The van der Waals surface area contributed by atoms with Crippen LogP contribution in [0.1, 0.15) is 38.1 Å². The quantitative estimate of drug-likeness (QED) is 0.812. The first-order valence-corrected chi connectivity index (χ1v) is 9.99. The van der Waals surface area contributed by atoms with Gasteiger partial charge < -0.3 is 24.0 Å². The van der Waals surface area contributed by atoms with Gasteiger partial charge in [0.05, 0.1) is 24.6 Å². The van der Waals surface area contributed by atoms with Crippen LogP contribution < -0.4 is 0 Å². The number of carboxylic acids is 1. The van der Waals surface area contributed by atoms with E-state index in [-0.39, 0.29) is 5.60 Å². The predicted molar refractivity (Wildman–Crippen MR) is 97.5 cm³/mol. The molecule has 1 aromatic heterocycles. The second-order valence-electron chi connectivity index (χ2n) is 8.06. The highest BCUT2D eigenvalue weighted by atomic mass is 19.4. The van der Waals surface area contributed by atoms with Crippen molar-refractivity contribution in [3.05, 3.63) is 18.7 Å². The van der Waals surface area contributed by atoms with Gasteiger partial charge in [0.2, 0.25) is 0 Å². The number of ether oxygens (including phenoxy) is 2. The van der Waals surface area contributed by atoms with Gasteiger partial charge in [-0.2, -0.15) is 13.2 Å². The summed E-state index contributed by atoms with van der Waals surface area (Å²) in [6, 6.07) is 0.463. The third kappa shape index (κ3) is 6.16. The Morgan fingerprint density at radius 1 is 1.31 bits per heavy atom. The minimum atomic E-state index is -5.08. The number of alkyl halides is 3. The highest BCUT2D eigenvalue weighted by Gasteiger charge is 2.44. The number of piperidine rings is 1. The minimum absolute atomic E-state index is 0.0817. The van der Waals surface area contributed by atoms with Crippen LogP contribution >= 0.6 is 0 Å². The molecule has 4 heterocycles. The molecule has 164 valence electrons. The summed E-state index contributed by atoms with van der Waals surface area (Å²) in [6.45, 7) is 6.30. The van der Waals surface area contributed by atoms with Gasteiger partial charge in [-0.15, -0.1) is 0 Å². The van der Waals surface area contributed by atoms with Crippen LogP contribution in [0.3, 0.4) is 0 Å². The van der Waals surface area contributed by atoms with Crippen molar-refractivity contribution in [1.82, 2.24) is 14.5 Å². The van der Waals surface area contributed by atoms with Gasteiger partial charge in [0.15, 0.2) is 0 Å². The Labute approximate surface area is 167 Å². The number of likely N-dealkylation sites (tertiary alicyclic amines) is 1. The van der Waals surface area contributed by atoms with Crippen LogP contribution in [0.2, 0.25) is 0 Å². The average Bonchev–Trinajstić information content (AvgIpc) is 3.33. The SMILES string of the molecule is O=C(O)C(F)(F)F.c1cn(C2COC3(CCCN(CC4CCOCC4)C3)C2)cn1. The number of carbonyl (C=O) groups is 1. The number of rotatable bonds is 3. The van der Waals surface area contributed by atoms with Gasteiger partial charge in [-0.3, -0.25) is 0 Å². The molecule has 3 fully saturated rings. The van der Waals surface area contributed by atoms with Crippen LogP contribution in [-0.2, 0) is 14.3 Å². The fourth-order valence-electron chi connectivity index (χ4n) is 4.42. The van der Waals surface area contributed by atoms with Crippen LogP contribution in [-0.4, -0.2) is 76.8 Å². The Bertz CT molecular complexity index is 650. The zero-order valence-electron chi connectivity index (χ0n) is 16.3. The van der Waals surface area contributed by atoms with Crippen molar-refractivity contribution in [3.8, 4) is 0 Å². The van der Waals surface area contributed by atoms with Crippen molar-refractivity contribution in [1.29, 1.82) is 0 Å². The largest absolute Gasteiger partial charge is 0.490 e. The van der Waals surface area contributed by atoms with Gasteiger partial charge in [-0.05, 0) is 38.1 Å².